The Morgan fingerprint density at radius 3 is 1.03 bits per heavy atom. The molecular formula is C64H92O6. The molecule has 0 aromatic heterocycles. The molecule has 0 spiro atoms. The zero-order valence-corrected chi connectivity index (χ0v) is 43.7. The summed E-state index contributed by atoms with van der Waals surface area (Å²) >= 11 is 0. The van der Waals surface area contributed by atoms with Gasteiger partial charge in [-0.3, -0.25) is 14.4 Å². The minimum Gasteiger partial charge on any atom is -0.462 e. The molecule has 6 nitrogen and oxygen atoms in total. The fourth-order valence-corrected chi connectivity index (χ4v) is 6.13. The maximum atomic E-state index is 12.8. The van der Waals surface area contributed by atoms with Gasteiger partial charge in [0, 0.05) is 19.3 Å². The number of ether oxygens (including phenoxy) is 3. The lowest BCUT2D eigenvalue weighted by atomic mass is 10.1. The van der Waals surface area contributed by atoms with E-state index in [1.165, 1.54) is 0 Å². The maximum Gasteiger partial charge on any atom is 0.306 e. The van der Waals surface area contributed by atoms with Gasteiger partial charge in [0.25, 0.3) is 0 Å². The van der Waals surface area contributed by atoms with Gasteiger partial charge in [0.05, 0.1) is 0 Å². The molecule has 384 valence electrons. The van der Waals surface area contributed by atoms with E-state index in [0.29, 0.717) is 19.3 Å². The molecule has 0 saturated heterocycles. The first-order chi connectivity index (χ1) is 34.5. The molecule has 0 aromatic rings. The molecule has 0 heterocycles. The SMILES string of the molecule is CC\C=C/C=C\C=C/C=C\C=C\C=C/CCCCCC(=O)OC(COC(=O)CC/C=C\C/C=C\C/C=C\C/C=C\C/C=C\CC)COC(=O)CCCCC/C=C\C/C=C\C/C=C\C/C=C\C/C=C\CC. The Labute approximate surface area is 427 Å². The number of esters is 3. The Morgan fingerprint density at radius 2 is 0.614 bits per heavy atom. The van der Waals surface area contributed by atoms with E-state index in [-0.39, 0.29) is 44.4 Å². The molecule has 1 unspecified atom stereocenters. The van der Waals surface area contributed by atoms with E-state index >= 15 is 0 Å². The highest BCUT2D eigenvalue weighted by Crippen LogP contribution is 2.10. The first-order valence-electron chi connectivity index (χ1n) is 26.5. The van der Waals surface area contributed by atoms with Crippen LogP contribution in [0.15, 0.2) is 194 Å². The van der Waals surface area contributed by atoms with Crippen LogP contribution in [-0.2, 0) is 28.6 Å². The van der Waals surface area contributed by atoms with Gasteiger partial charge in [-0.15, -0.1) is 0 Å². The third-order valence-electron chi connectivity index (χ3n) is 10.0. The molecule has 0 amide bonds. The van der Waals surface area contributed by atoms with Crippen LogP contribution < -0.4 is 0 Å². The van der Waals surface area contributed by atoms with Crippen molar-refractivity contribution in [3.05, 3.63) is 194 Å². The Bertz CT molecular complexity index is 1760. The summed E-state index contributed by atoms with van der Waals surface area (Å²) in [5, 5.41) is 0. The van der Waals surface area contributed by atoms with Crippen LogP contribution in [0.4, 0.5) is 0 Å². The van der Waals surface area contributed by atoms with E-state index in [1.54, 1.807) is 0 Å². The number of rotatable bonds is 44. The van der Waals surface area contributed by atoms with Crippen LogP contribution in [0.25, 0.3) is 0 Å². The molecule has 0 bridgehead atoms. The summed E-state index contributed by atoms with van der Waals surface area (Å²) in [5.74, 6) is -1.13. The molecule has 0 aliphatic heterocycles. The lowest BCUT2D eigenvalue weighted by molar-refractivity contribution is -0.166. The summed E-state index contributed by atoms with van der Waals surface area (Å²) in [6.45, 7) is 6.09. The smallest absolute Gasteiger partial charge is 0.306 e. The monoisotopic (exact) mass is 957 g/mol. The number of carbonyl (C=O) groups is 3. The predicted octanol–water partition coefficient (Wildman–Crippen LogP) is 17.9. The lowest BCUT2D eigenvalue weighted by Crippen LogP contribution is -2.30. The molecule has 0 fully saturated rings. The van der Waals surface area contributed by atoms with Crippen molar-refractivity contribution in [2.75, 3.05) is 13.2 Å². The van der Waals surface area contributed by atoms with E-state index in [9.17, 15) is 14.4 Å². The summed E-state index contributed by atoms with van der Waals surface area (Å²) in [5.41, 5.74) is 0. The van der Waals surface area contributed by atoms with E-state index < -0.39 is 12.1 Å². The fourth-order valence-electron chi connectivity index (χ4n) is 6.13. The normalized spacial score (nSPS) is 13.7. The van der Waals surface area contributed by atoms with Crippen molar-refractivity contribution in [1.82, 2.24) is 0 Å². The first-order valence-corrected chi connectivity index (χ1v) is 26.5. The second kappa shape index (κ2) is 55.8. The topological polar surface area (TPSA) is 78.9 Å². The van der Waals surface area contributed by atoms with Crippen molar-refractivity contribution < 1.29 is 28.6 Å². The van der Waals surface area contributed by atoms with Gasteiger partial charge in [0.15, 0.2) is 6.10 Å². The van der Waals surface area contributed by atoms with Crippen LogP contribution in [0.5, 0.6) is 0 Å². The number of hydrogen-bond acceptors (Lipinski definition) is 6. The van der Waals surface area contributed by atoms with Crippen LogP contribution in [0.3, 0.4) is 0 Å². The quantitative estimate of drug-likeness (QED) is 0.0199. The molecule has 0 N–H and O–H groups in total. The average Bonchev–Trinajstić information content (AvgIpc) is 3.36. The van der Waals surface area contributed by atoms with E-state index in [4.69, 9.17) is 14.2 Å². The van der Waals surface area contributed by atoms with Gasteiger partial charge in [-0.2, -0.15) is 0 Å². The zero-order valence-electron chi connectivity index (χ0n) is 43.7. The predicted molar refractivity (Wildman–Crippen MR) is 301 cm³/mol. The highest BCUT2D eigenvalue weighted by molar-refractivity contribution is 5.71. The van der Waals surface area contributed by atoms with Crippen LogP contribution in [0.2, 0.25) is 0 Å². The minimum atomic E-state index is -0.858. The van der Waals surface area contributed by atoms with Gasteiger partial charge in [-0.25, -0.2) is 0 Å². The van der Waals surface area contributed by atoms with Gasteiger partial charge in [0.1, 0.15) is 13.2 Å². The van der Waals surface area contributed by atoms with Crippen LogP contribution >= 0.6 is 0 Å². The molecule has 70 heavy (non-hydrogen) atoms. The molecule has 0 aromatic carbocycles. The van der Waals surface area contributed by atoms with Crippen molar-refractivity contribution in [3.63, 3.8) is 0 Å². The summed E-state index contributed by atoms with van der Waals surface area (Å²) in [7, 11) is 0. The molecular weight excluding hydrogens is 865 g/mol. The van der Waals surface area contributed by atoms with Gasteiger partial charge in [-0.1, -0.05) is 228 Å². The first kappa shape index (κ1) is 64.2. The summed E-state index contributed by atoms with van der Waals surface area (Å²) < 4.78 is 16.7. The third-order valence-corrected chi connectivity index (χ3v) is 10.0. The zero-order chi connectivity index (χ0) is 50.7. The third kappa shape index (κ3) is 53.2. The number of carbonyl (C=O) groups excluding carboxylic acids is 3. The van der Waals surface area contributed by atoms with Gasteiger partial charge in [0.2, 0.25) is 0 Å². The summed E-state index contributed by atoms with van der Waals surface area (Å²) in [4.78, 5) is 38.0. The fraction of sp³-hybridized carbons (Fsp3) is 0.453. The molecule has 0 aliphatic rings. The standard InChI is InChI=1S/C64H92O6/c1-4-7-10-13-16-19-22-25-28-31-32-34-36-39-42-45-48-51-54-57-63(66)69-60-61(59-68-62(65)56-53-50-47-44-41-38-35-30-27-24-21-18-15-12-9-6-3)70-64(67)58-55-52-49-46-43-40-37-33-29-26-23-20-17-14-11-8-5-2/h7-12,14,16-21,23,25-30,32-34,37-43,47,50,61H,4-6,13,15,22,24,31,35-36,44-46,48-49,51-60H2,1-3H3/b10-7-,11-8-,12-9-,17-14-,19-16-,21-18-,23-20-,28-25-,29-26-,30-27-,34-32-,37-33+,41-38-,42-39-,43-40-,50-47-. The molecule has 1 atom stereocenters. The van der Waals surface area contributed by atoms with Gasteiger partial charge in [-0.05, 0) is 116 Å². The highest BCUT2D eigenvalue weighted by Gasteiger charge is 2.19. The van der Waals surface area contributed by atoms with Crippen LogP contribution in [0, 0.1) is 0 Å². The van der Waals surface area contributed by atoms with Crippen LogP contribution in [0.1, 0.15) is 168 Å². The van der Waals surface area contributed by atoms with Crippen molar-refractivity contribution in [2.24, 2.45) is 0 Å². The Hall–Kier alpha value is -5.75. The number of unbranched alkanes of at least 4 members (excludes halogenated alkanes) is 6. The summed E-state index contributed by atoms with van der Waals surface area (Å²) in [6.07, 6.45) is 85.6. The highest BCUT2D eigenvalue weighted by atomic mass is 16.6. The molecule has 0 saturated carbocycles. The Kier molecular flexibility index (Phi) is 51.3. The Balaban J connectivity index is 4.70. The van der Waals surface area contributed by atoms with Crippen molar-refractivity contribution in [1.29, 1.82) is 0 Å². The van der Waals surface area contributed by atoms with Crippen LogP contribution in [-0.4, -0.2) is 37.2 Å². The molecule has 0 radical (unpaired) electrons. The average molecular weight is 957 g/mol. The van der Waals surface area contributed by atoms with E-state index in [0.717, 1.165) is 109 Å². The van der Waals surface area contributed by atoms with Crippen molar-refractivity contribution >= 4 is 17.9 Å². The maximum absolute atomic E-state index is 12.8. The second-order valence-corrected chi connectivity index (χ2v) is 16.4. The largest absolute Gasteiger partial charge is 0.462 e. The van der Waals surface area contributed by atoms with Crippen molar-refractivity contribution in [3.8, 4) is 0 Å². The lowest BCUT2D eigenvalue weighted by Gasteiger charge is -2.18. The van der Waals surface area contributed by atoms with Gasteiger partial charge >= 0.3 is 17.9 Å². The van der Waals surface area contributed by atoms with E-state index in [2.05, 4.69) is 142 Å². The number of allylic oxidation sites excluding steroid dienone is 32. The summed E-state index contributed by atoms with van der Waals surface area (Å²) in [6, 6.07) is 0. The minimum absolute atomic E-state index is 0.149. The molecule has 6 heteroatoms. The van der Waals surface area contributed by atoms with Gasteiger partial charge < -0.3 is 14.2 Å². The molecule has 0 rings (SSSR count). The Morgan fingerprint density at radius 1 is 0.300 bits per heavy atom. The second-order valence-electron chi connectivity index (χ2n) is 16.4. The van der Waals surface area contributed by atoms with E-state index in [1.807, 2.05) is 72.9 Å². The molecule has 0 aliphatic carbocycles. The number of hydrogen-bond donors (Lipinski definition) is 0. The van der Waals surface area contributed by atoms with Crippen molar-refractivity contribution in [2.45, 2.75) is 175 Å².